The van der Waals surface area contributed by atoms with E-state index in [1.165, 1.54) is 0 Å². The molecule has 0 saturated carbocycles. The van der Waals surface area contributed by atoms with Gasteiger partial charge in [-0.3, -0.25) is 14.3 Å². The summed E-state index contributed by atoms with van der Waals surface area (Å²) in [5.41, 5.74) is 1.92. The summed E-state index contributed by atoms with van der Waals surface area (Å²) in [6.07, 6.45) is 0.828. The molecule has 1 aromatic heterocycles. The Morgan fingerprint density at radius 3 is 2.74 bits per heavy atom. The fraction of sp³-hybridized carbons (Fsp3) is 0.583. The molecular weight excluding hydrogens is 312 g/mol. The molecular formula is C12H17BrN4O2. The van der Waals surface area contributed by atoms with E-state index >= 15 is 0 Å². The third kappa shape index (κ3) is 2.80. The van der Waals surface area contributed by atoms with E-state index in [4.69, 9.17) is 0 Å². The fourth-order valence-electron chi connectivity index (χ4n) is 2.10. The van der Waals surface area contributed by atoms with Gasteiger partial charge in [-0.15, -0.1) is 0 Å². The molecule has 0 aliphatic carbocycles. The molecule has 2 rings (SSSR count). The van der Waals surface area contributed by atoms with Crippen molar-refractivity contribution in [3.63, 3.8) is 0 Å². The van der Waals surface area contributed by atoms with Gasteiger partial charge in [0.2, 0.25) is 11.8 Å². The number of aromatic nitrogens is 2. The number of aryl methyl sites for hydroxylation is 2. The van der Waals surface area contributed by atoms with Gasteiger partial charge in [0, 0.05) is 6.54 Å². The molecule has 2 heterocycles. The molecule has 0 radical (unpaired) electrons. The summed E-state index contributed by atoms with van der Waals surface area (Å²) in [5.74, 6) is -0.178. The Balaban J connectivity index is 2.24. The number of piperazine rings is 1. The van der Waals surface area contributed by atoms with Crippen LogP contribution in [0.15, 0.2) is 4.47 Å². The van der Waals surface area contributed by atoms with E-state index in [1.807, 2.05) is 18.5 Å². The fourth-order valence-corrected chi connectivity index (χ4v) is 2.79. The van der Waals surface area contributed by atoms with Crippen LogP contribution < -0.4 is 5.32 Å². The lowest BCUT2D eigenvalue weighted by Gasteiger charge is -2.26. The summed E-state index contributed by atoms with van der Waals surface area (Å²) in [6.45, 7) is 5.39. The minimum Gasteiger partial charge on any atom is -0.345 e. The first-order valence-corrected chi connectivity index (χ1v) is 7.14. The van der Waals surface area contributed by atoms with Gasteiger partial charge in [-0.25, -0.2) is 0 Å². The number of carbonyl (C=O) groups excluding carboxylic acids is 2. The second-order valence-corrected chi connectivity index (χ2v) is 5.20. The van der Waals surface area contributed by atoms with Crippen LogP contribution >= 0.6 is 15.9 Å². The molecule has 6 nitrogen and oxygen atoms in total. The molecule has 7 heteroatoms. The van der Waals surface area contributed by atoms with Crippen LogP contribution in [0, 0.1) is 0 Å². The van der Waals surface area contributed by atoms with Crippen LogP contribution in [-0.4, -0.2) is 39.6 Å². The number of halogens is 1. The van der Waals surface area contributed by atoms with E-state index in [-0.39, 0.29) is 24.9 Å². The Hall–Kier alpha value is -1.37. The maximum Gasteiger partial charge on any atom is 0.242 e. The predicted octanol–water partition coefficient (Wildman–Crippen LogP) is 0.686. The number of rotatable bonds is 4. The van der Waals surface area contributed by atoms with E-state index in [9.17, 15) is 9.59 Å². The lowest BCUT2D eigenvalue weighted by Crippen LogP contribution is -2.51. The monoisotopic (exact) mass is 328 g/mol. The molecule has 1 aromatic rings. The number of hydrogen-bond acceptors (Lipinski definition) is 3. The van der Waals surface area contributed by atoms with Crippen molar-refractivity contribution in [1.29, 1.82) is 0 Å². The van der Waals surface area contributed by atoms with Gasteiger partial charge in [-0.1, -0.05) is 6.92 Å². The van der Waals surface area contributed by atoms with Crippen molar-refractivity contribution in [2.75, 3.05) is 13.1 Å². The summed E-state index contributed by atoms with van der Waals surface area (Å²) in [4.78, 5) is 24.7. The third-order valence-electron chi connectivity index (χ3n) is 3.16. The highest BCUT2D eigenvalue weighted by molar-refractivity contribution is 9.10. The maximum absolute atomic E-state index is 11.8. The molecule has 1 aliphatic heterocycles. The highest BCUT2D eigenvalue weighted by Crippen LogP contribution is 2.24. The average Bonchev–Trinajstić information content (AvgIpc) is 2.70. The van der Waals surface area contributed by atoms with Crippen LogP contribution in [0.3, 0.4) is 0 Å². The molecule has 0 unspecified atom stereocenters. The van der Waals surface area contributed by atoms with E-state index in [1.54, 1.807) is 4.90 Å². The maximum atomic E-state index is 11.8. The van der Waals surface area contributed by atoms with Crippen molar-refractivity contribution in [3.05, 3.63) is 15.9 Å². The summed E-state index contributed by atoms with van der Waals surface area (Å²) in [7, 11) is 0. The first kappa shape index (κ1) is 14.0. The number of nitrogens with zero attached hydrogens (tertiary/aromatic N) is 3. The molecule has 1 N–H and O–H groups in total. The Morgan fingerprint density at radius 1 is 1.37 bits per heavy atom. The smallest absolute Gasteiger partial charge is 0.242 e. The number of hydrogen-bond donors (Lipinski definition) is 1. The van der Waals surface area contributed by atoms with Crippen molar-refractivity contribution in [2.45, 2.75) is 33.4 Å². The normalized spacial score (nSPS) is 15.8. The standard InChI is InChI=1S/C12H17BrN4O2/c1-3-8-12(13)9(17(4-2)15-8)6-16-7-10(18)14-5-11(16)19/h3-7H2,1-2H3,(H,14,18). The molecule has 0 bridgehead atoms. The van der Waals surface area contributed by atoms with Crippen LogP contribution in [-0.2, 0) is 29.1 Å². The first-order valence-electron chi connectivity index (χ1n) is 6.35. The van der Waals surface area contributed by atoms with Gasteiger partial charge in [-0.2, -0.15) is 5.10 Å². The van der Waals surface area contributed by atoms with Crippen LogP contribution in [0.5, 0.6) is 0 Å². The summed E-state index contributed by atoms with van der Waals surface area (Å²) >= 11 is 3.54. The predicted molar refractivity (Wildman–Crippen MR) is 73.4 cm³/mol. The topological polar surface area (TPSA) is 67.2 Å². The zero-order valence-corrected chi connectivity index (χ0v) is 12.7. The lowest BCUT2D eigenvalue weighted by molar-refractivity contribution is -0.141. The van der Waals surface area contributed by atoms with E-state index in [2.05, 4.69) is 26.3 Å². The largest absolute Gasteiger partial charge is 0.345 e. The van der Waals surface area contributed by atoms with Gasteiger partial charge in [0.25, 0.3) is 0 Å². The molecule has 104 valence electrons. The molecule has 2 amide bonds. The number of nitrogens with one attached hydrogen (secondary N) is 1. The average molecular weight is 329 g/mol. The Morgan fingerprint density at radius 2 is 2.11 bits per heavy atom. The number of carbonyl (C=O) groups is 2. The highest BCUT2D eigenvalue weighted by atomic mass is 79.9. The summed E-state index contributed by atoms with van der Waals surface area (Å²) in [6, 6.07) is 0. The molecule has 19 heavy (non-hydrogen) atoms. The van der Waals surface area contributed by atoms with E-state index < -0.39 is 0 Å². The van der Waals surface area contributed by atoms with Crippen molar-refractivity contribution >= 4 is 27.7 Å². The van der Waals surface area contributed by atoms with Crippen LogP contribution in [0.25, 0.3) is 0 Å². The lowest BCUT2D eigenvalue weighted by atomic mass is 10.2. The van der Waals surface area contributed by atoms with Crippen LogP contribution in [0.1, 0.15) is 25.2 Å². The van der Waals surface area contributed by atoms with Gasteiger partial charge in [0.05, 0.1) is 35.5 Å². The molecule has 1 saturated heterocycles. The second-order valence-electron chi connectivity index (χ2n) is 4.40. The SMILES string of the molecule is CCc1nn(CC)c(CN2CC(=O)NCC2=O)c1Br. The van der Waals surface area contributed by atoms with Crippen molar-refractivity contribution in [2.24, 2.45) is 0 Å². The Bertz CT molecular complexity index is 512. The van der Waals surface area contributed by atoms with E-state index in [0.717, 1.165) is 28.8 Å². The van der Waals surface area contributed by atoms with Crippen LogP contribution in [0.2, 0.25) is 0 Å². The second kappa shape index (κ2) is 5.73. The van der Waals surface area contributed by atoms with Gasteiger partial charge < -0.3 is 10.2 Å². The van der Waals surface area contributed by atoms with Gasteiger partial charge in [0.15, 0.2) is 0 Å². The Kier molecular flexibility index (Phi) is 4.24. The number of amides is 2. The van der Waals surface area contributed by atoms with Crippen molar-refractivity contribution in [1.82, 2.24) is 20.0 Å². The zero-order valence-electron chi connectivity index (χ0n) is 11.1. The minimum atomic E-state index is -0.117. The summed E-state index contributed by atoms with van der Waals surface area (Å²) in [5, 5.41) is 7.03. The van der Waals surface area contributed by atoms with Crippen molar-refractivity contribution in [3.8, 4) is 0 Å². The van der Waals surface area contributed by atoms with Crippen LogP contribution in [0.4, 0.5) is 0 Å². The van der Waals surface area contributed by atoms with E-state index in [0.29, 0.717) is 6.54 Å². The molecule has 0 atom stereocenters. The van der Waals surface area contributed by atoms with Gasteiger partial charge in [0.1, 0.15) is 0 Å². The first-order chi connectivity index (χ1) is 9.06. The molecule has 0 aromatic carbocycles. The van der Waals surface area contributed by atoms with Crippen molar-refractivity contribution < 1.29 is 9.59 Å². The zero-order chi connectivity index (χ0) is 14.0. The highest BCUT2D eigenvalue weighted by Gasteiger charge is 2.25. The minimum absolute atomic E-state index is 0.0617. The quantitative estimate of drug-likeness (QED) is 0.884. The van der Waals surface area contributed by atoms with Gasteiger partial charge in [-0.05, 0) is 29.3 Å². The Labute approximate surface area is 120 Å². The summed E-state index contributed by atoms with van der Waals surface area (Å²) < 4.78 is 2.82. The molecule has 0 spiro atoms. The third-order valence-corrected chi connectivity index (χ3v) is 4.07. The van der Waals surface area contributed by atoms with Gasteiger partial charge >= 0.3 is 0 Å². The molecule has 1 aliphatic rings. The molecule has 1 fully saturated rings.